The molecule has 0 saturated carbocycles. The van der Waals surface area contributed by atoms with Gasteiger partial charge in [0.1, 0.15) is 0 Å². The summed E-state index contributed by atoms with van der Waals surface area (Å²) in [6, 6.07) is 11.3. The standard InChI is InChI=1S/C18H15N3O3/c1-10-4-3-5-13(19-10)17-16(20-18(21-17)11(2)22)12-6-7-14-15(8-12)24-9-23-14/h3-8H,9H2,1-2H3,(H,20,21). The summed E-state index contributed by atoms with van der Waals surface area (Å²) in [6.07, 6.45) is 0. The number of aryl methyl sites for hydroxylation is 1. The van der Waals surface area contributed by atoms with Crippen molar-refractivity contribution in [1.82, 2.24) is 15.0 Å². The van der Waals surface area contributed by atoms with Gasteiger partial charge in [0.2, 0.25) is 6.79 Å². The Morgan fingerprint density at radius 1 is 1.12 bits per heavy atom. The van der Waals surface area contributed by atoms with Crippen LogP contribution in [-0.4, -0.2) is 27.5 Å². The van der Waals surface area contributed by atoms with Crippen molar-refractivity contribution in [2.24, 2.45) is 0 Å². The molecule has 0 radical (unpaired) electrons. The summed E-state index contributed by atoms with van der Waals surface area (Å²) < 4.78 is 10.8. The zero-order valence-electron chi connectivity index (χ0n) is 13.3. The number of carbonyl (C=O) groups excluding carboxylic acids is 1. The third kappa shape index (κ3) is 2.42. The van der Waals surface area contributed by atoms with Crippen molar-refractivity contribution in [3.63, 3.8) is 0 Å². The van der Waals surface area contributed by atoms with Crippen LogP contribution >= 0.6 is 0 Å². The van der Waals surface area contributed by atoms with Gasteiger partial charge < -0.3 is 14.5 Å². The third-order valence-electron chi connectivity index (χ3n) is 3.83. The van der Waals surface area contributed by atoms with Gasteiger partial charge in [-0.15, -0.1) is 0 Å². The van der Waals surface area contributed by atoms with E-state index in [1.165, 1.54) is 6.92 Å². The predicted octanol–water partition coefficient (Wildman–Crippen LogP) is 3.38. The Morgan fingerprint density at radius 3 is 2.75 bits per heavy atom. The second-order valence-corrected chi connectivity index (χ2v) is 5.60. The molecule has 0 amide bonds. The summed E-state index contributed by atoms with van der Waals surface area (Å²) in [5.74, 6) is 1.55. The van der Waals surface area contributed by atoms with Gasteiger partial charge in [-0.3, -0.25) is 9.78 Å². The zero-order valence-corrected chi connectivity index (χ0v) is 13.3. The number of pyridine rings is 1. The molecule has 1 aromatic carbocycles. The van der Waals surface area contributed by atoms with E-state index in [9.17, 15) is 4.79 Å². The molecule has 1 aliphatic rings. The maximum Gasteiger partial charge on any atom is 0.231 e. The molecule has 2 aromatic heterocycles. The van der Waals surface area contributed by atoms with Crippen molar-refractivity contribution in [2.75, 3.05) is 6.79 Å². The molecular formula is C18H15N3O3. The first-order valence-electron chi connectivity index (χ1n) is 7.57. The first-order valence-corrected chi connectivity index (χ1v) is 7.57. The number of ketones is 1. The average molecular weight is 321 g/mol. The molecule has 6 heteroatoms. The van der Waals surface area contributed by atoms with Crippen LogP contribution < -0.4 is 9.47 Å². The Balaban J connectivity index is 1.89. The monoisotopic (exact) mass is 321 g/mol. The molecule has 0 bridgehead atoms. The van der Waals surface area contributed by atoms with Crippen LogP contribution in [0.1, 0.15) is 23.2 Å². The van der Waals surface area contributed by atoms with Crippen LogP contribution in [0.25, 0.3) is 22.6 Å². The Kier molecular flexibility index (Phi) is 3.30. The van der Waals surface area contributed by atoms with Gasteiger partial charge >= 0.3 is 0 Å². The number of ether oxygens (including phenoxy) is 2. The maximum absolute atomic E-state index is 11.8. The lowest BCUT2D eigenvalue weighted by Crippen LogP contribution is -1.94. The molecule has 3 heterocycles. The van der Waals surface area contributed by atoms with Crippen LogP contribution in [0.4, 0.5) is 0 Å². The SMILES string of the molecule is CC(=O)c1nc(-c2ccc3c(c2)OCO3)c(-c2cccc(C)n2)[nH]1. The quantitative estimate of drug-likeness (QED) is 0.748. The topological polar surface area (TPSA) is 77.1 Å². The molecule has 0 saturated heterocycles. The molecule has 6 nitrogen and oxygen atoms in total. The van der Waals surface area contributed by atoms with E-state index in [-0.39, 0.29) is 12.6 Å². The fraction of sp³-hybridized carbons (Fsp3) is 0.167. The van der Waals surface area contributed by atoms with Crippen molar-refractivity contribution in [3.05, 3.63) is 47.9 Å². The van der Waals surface area contributed by atoms with Crippen LogP contribution in [0.2, 0.25) is 0 Å². The Morgan fingerprint density at radius 2 is 1.96 bits per heavy atom. The van der Waals surface area contributed by atoms with E-state index >= 15 is 0 Å². The third-order valence-corrected chi connectivity index (χ3v) is 3.83. The summed E-state index contributed by atoms with van der Waals surface area (Å²) in [5.41, 5.74) is 3.84. The number of rotatable bonds is 3. The van der Waals surface area contributed by atoms with Crippen molar-refractivity contribution < 1.29 is 14.3 Å². The minimum Gasteiger partial charge on any atom is -0.454 e. The van der Waals surface area contributed by atoms with Crippen LogP contribution in [0, 0.1) is 6.92 Å². The number of imidazole rings is 1. The molecule has 120 valence electrons. The summed E-state index contributed by atoms with van der Waals surface area (Å²) in [5, 5.41) is 0. The predicted molar refractivity (Wildman–Crippen MR) is 88.1 cm³/mol. The first kappa shape index (κ1) is 14.4. The maximum atomic E-state index is 11.8. The van der Waals surface area contributed by atoms with E-state index in [1.807, 2.05) is 43.3 Å². The van der Waals surface area contributed by atoms with Gasteiger partial charge in [0.15, 0.2) is 23.1 Å². The summed E-state index contributed by atoms with van der Waals surface area (Å²) >= 11 is 0. The molecule has 0 aliphatic carbocycles. The highest BCUT2D eigenvalue weighted by atomic mass is 16.7. The molecule has 4 rings (SSSR count). The van der Waals surface area contributed by atoms with Crippen LogP contribution in [0.3, 0.4) is 0 Å². The molecule has 1 aliphatic heterocycles. The van der Waals surface area contributed by atoms with Gasteiger partial charge in [-0.1, -0.05) is 6.07 Å². The van der Waals surface area contributed by atoms with E-state index in [1.54, 1.807) is 0 Å². The Hall–Kier alpha value is -3.15. The number of benzene rings is 1. The smallest absolute Gasteiger partial charge is 0.231 e. The molecule has 3 aromatic rings. The fourth-order valence-corrected chi connectivity index (χ4v) is 2.66. The molecule has 0 atom stereocenters. The number of aromatic nitrogens is 3. The highest BCUT2D eigenvalue weighted by molar-refractivity contribution is 5.93. The largest absolute Gasteiger partial charge is 0.454 e. The molecule has 0 unspecified atom stereocenters. The highest BCUT2D eigenvalue weighted by Gasteiger charge is 2.20. The average Bonchev–Trinajstić information content (AvgIpc) is 3.21. The second-order valence-electron chi connectivity index (χ2n) is 5.60. The second kappa shape index (κ2) is 5.49. The zero-order chi connectivity index (χ0) is 16.7. The van der Waals surface area contributed by atoms with Crippen molar-refractivity contribution >= 4 is 5.78 Å². The summed E-state index contributed by atoms with van der Waals surface area (Å²) in [4.78, 5) is 23.9. The van der Waals surface area contributed by atoms with E-state index in [0.29, 0.717) is 28.7 Å². The van der Waals surface area contributed by atoms with Crippen LogP contribution in [0.5, 0.6) is 11.5 Å². The number of fused-ring (bicyclic) bond motifs is 1. The number of nitrogens with zero attached hydrogens (tertiary/aromatic N) is 2. The van der Waals surface area contributed by atoms with Crippen molar-refractivity contribution in [1.29, 1.82) is 0 Å². The summed E-state index contributed by atoms with van der Waals surface area (Å²) in [6.45, 7) is 3.62. The lowest BCUT2D eigenvalue weighted by Gasteiger charge is -2.04. The normalized spacial score (nSPS) is 12.4. The number of H-pyrrole nitrogens is 1. The van der Waals surface area contributed by atoms with Gasteiger partial charge in [0.25, 0.3) is 0 Å². The van der Waals surface area contributed by atoms with Crippen molar-refractivity contribution in [2.45, 2.75) is 13.8 Å². The van der Waals surface area contributed by atoms with Crippen molar-refractivity contribution in [3.8, 4) is 34.1 Å². The van der Waals surface area contributed by atoms with Gasteiger partial charge in [-0.2, -0.15) is 0 Å². The van der Waals surface area contributed by atoms with E-state index < -0.39 is 0 Å². The van der Waals surface area contributed by atoms with Gasteiger partial charge in [-0.05, 0) is 37.3 Å². The number of hydrogen-bond donors (Lipinski definition) is 1. The first-order chi connectivity index (χ1) is 11.6. The van der Waals surface area contributed by atoms with Crippen LogP contribution in [-0.2, 0) is 0 Å². The fourth-order valence-electron chi connectivity index (χ4n) is 2.66. The molecular weight excluding hydrogens is 306 g/mol. The number of hydrogen-bond acceptors (Lipinski definition) is 5. The number of nitrogens with one attached hydrogen (secondary N) is 1. The minimum atomic E-state index is -0.129. The minimum absolute atomic E-state index is 0.129. The molecule has 1 N–H and O–H groups in total. The van der Waals surface area contributed by atoms with Gasteiger partial charge in [-0.25, -0.2) is 4.98 Å². The van der Waals surface area contributed by atoms with Crippen LogP contribution in [0.15, 0.2) is 36.4 Å². The number of aromatic amines is 1. The lowest BCUT2D eigenvalue weighted by molar-refractivity contribution is 0.100. The lowest BCUT2D eigenvalue weighted by atomic mass is 10.1. The van der Waals surface area contributed by atoms with E-state index in [4.69, 9.17) is 9.47 Å². The highest BCUT2D eigenvalue weighted by Crippen LogP contribution is 2.38. The van der Waals surface area contributed by atoms with E-state index in [2.05, 4.69) is 15.0 Å². The number of carbonyl (C=O) groups is 1. The molecule has 24 heavy (non-hydrogen) atoms. The number of Topliss-reactive ketones (excluding diaryl/α,β-unsaturated/α-hetero) is 1. The van der Waals surface area contributed by atoms with E-state index in [0.717, 1.165) is 17.0 Å². The Bertz CT molecular complexity index is 946. The van der Waals surface area contributed by atoms with Gasteiger partial charge in [0, 0.05) is 18.2 Å². The molecule has 0 fully saturated rings. The van der Waals surface area contributed by atoms with Gasteiger partial charge in [0.05, 0.1) is 17.1 Å². The summed E-state index contributed by atoms with van der Waals surface area (Å²) in [7, 11) is 0. The molecule has 0 spiro atoms. The Labute approximate surface area is 138 Å².